The Morgan fingerprint density at radius 2 is 2.03 bits per heavy atom. The van der Waals surface area contributed by atoms with Crippen molar-refractivity contribution in [3.8, 4) is 28.0 Å². The first-order valence-corrected chi connectivity index (χ1v) is 12.1. The molecule has 33 heavy (non-hydrogen) atoms. The molecule has 3 saturated carbocycles. The summed E-state index contributed by atoms with van der Waals surface area (Å²) in [6.45, 7) is 0. The SMILES string of the molecule is N#Cc1ccc(-c2nc(-c3c[nH]c4ncc(Cl)nc34)nc(NC3CC4CCC3CC4)c2F)s1. The van der Waals surface area contributed by atoms with Crippen LogP contribution in [0, 0.1) is 29.0 Å². The number of anilines is 1. The summed E-state index contributed by atoms with van der Waals surface area (Å²) in [5.74, 6) is 1.22. The number of hydrogen-bond donors (Lipinski definition) is 2. The average Bonchev–Trinajstić information content (AvgIpc) is 3.48. The Morgan fingerprint density at radius 1 is 1.18 bits per heavy atom. The van der Waals surface area contributed by atoms with Crippen LogP contribution in [0.15, 0.2) is 24.5 Å². The van der Waals surface area contributed by atoms with E-state index in [9.17, 15) is 5.26 Å². The molecule has 0 spiro atoms. The zero-order chi connectivity index (χ0) is 22.5. The van der Waals surface area contributed by atoms with Crippen LogP contribution in [0.1, 0.15) is 37.0 Å². The number of halogens is 2. The van der Waals surface area contributed by atoms with E-state index in [0.29, 0.717) is 44.1 Å². The van der Waals surface area contributed by atoms with Crippen LogP contribution in [0.2, 0.25) is 5.15 Å². The van der Waals surface area contributed by atoms with Crippen LogP contribution in [0.25, 0.3) is 33.1 Å². The van der Waals surface area contributed by atoms with Gasteiger partial charge in [0.2, 0.25) is 0 Å². The summed E-state index contributed by atoms with van der Waals surface area (Å²) in [5.41, 5.74) is 1.82. The van der Waals surface area contributed by atoms with E-state index in [1.165, 1.54) is 43.2 Å². The van der Waals surface area contributed by atoms with Gasteiger partial charge in [0, 0.05) is 12.2 Å². The minimum absolute atomic E-state index is 0.166. The molecule has 0 amide bonds. The first kappa shape index (κ1) is 20.5. The van der Waals surface area contributed by atoms with Gasteiger partial charge in [-0.15, -0.1) is 11.3 Å². The van der Waals surface area contributed by atoms with E-state index in [2.05, 4.69) is 36.3 Å². The van der Waals surface area contributed by atoms with E-state index in [0.717, 1.165) is 6.42 Å². The highest BCUT2D eigenvalue weighted by Crippen LogP contribution is 2.43. The van der Waals surface area contributed by atoms with Crippen LogP contribution in [0.5, 0.6) is 0 Å². The summed E-state index contributed by atoms with van der Waals surface area (Å²) in [4.78, 5) is 21.9. The van der Waals surface area contributed by atoms with Gasteiger partial charge < -0.3 is 10.3 Å². The third-order valence-electron chi connectivity index (χ3n) is 6.76. The van der Waals surface area contributed by atoms with Crippen molar-refractivity contribution < 1.29 is 4.39 Å². The number of nitrogens with one attached hydrogen (secondary N) is 2. The third kappa shape index (κ3) is 3.63. The predicted molar refractivity (Wildman–Crippen MR) is 125 cm³/mol. The number of rotatable bonds is 4. The maximum absolute atomic E-state index is 15.7. The number of thiophene rings is 1. The number of H-pyrrole nitrogens is 1. The highest BCUT2D eigenvalue weighted by Gasteiger charge is 2.36. The zero-order valence-electron chi connectivity index (χ0n) is 17.5. The van der Waals surface area contributed by atoms with E-state index in [4.69, 9.17) is 11.6 Å². The quantitative estimate of drug-likeness (QED) is 0.383. The number of nitrogens with zero attached hydrogens (tertiary/aromatic N) is 5. The Labute approximate surface area is 198 Å². The lowest BCUT2D eigenvalue weighted by Gasteiger charge is -2.42. The molecule has 10 heteroatoms. The van der Waals surface area contributed by atoms with Crippen molar-refractivity contribution in [2.24, 2.45) is 11.8 Å². The van der Waals surface area contributed by atoms with Gasteiger partial charge in [-0.3, -0.25) is 0 Å². The summed E-state index contributed by atoms with van der Waals surface area (Å²) < 4.78 is 15.7. The highest BCUT2D eigenvalue weighted by atomic mass is 35.5. The molecule has 3 aliphatic carbocycles. The fourth-order valence-corrected chi connectivity index (χ4v) is 6.04. The Morgan fingerprint density at radius 3 is 2.76 bits per heavy atom. The van der Waals surface area contributed by atoms with Crippen molar-refractivity contribution in [1.82, 2.24) is 24.9 Å². The molecule has 3 aliphatic rings. The van der Waals surface area contributed by atoms with Crippen LogP contribution in [0.4, 0.5) is 10.2 Å². The molecule has 0 saturated heterocycles. The number of nitriles is 1. The molecule has 2 N–H and O–H groups in total. The lowest BCUT2D eigenvalue weighted by molar-refractivity contribution is 0.157. The lowest BCUT2D eigenvalue weighted by Crippen LogP contribution is -2.40. The fraction of sp³-hybridized carbons (Fsp3) is 0.348. The molecule has 7 rings (SSSR count). The second kappa shape index (κ2) is 8.04. The van der Waals surface area contributed by atoms with Crippen molar-refractivity contribution in [3.05, 3.63) is 40.4 Å². The van der Waals surface area contributed by atoms with Crippen LogP contribution < -0.4 is 5.32 Å². The van der Waals surface area contributed by atoms with Gasteiger partial charge >= 0.3 is 0 Å². The minimum Gasteiger partial charge on any atom is -0.364 e. The van der Waals surface area contributed by atoms with Gasteiger partial charge in [0.05, 0.1) is 16.6 Å². The summed E-state index contributed by atoms with van der Waals surface area (Å²) in [5, 5.41) is 12.9. The molecule has 0 aromatic carbocycles. The lowest BCUT2D eigenvalue weighted by atomic mass is 9.68. The number of hydrogen-bond acceptors (Lipinski definition) is 7. The maximum Gasteiger partial charge on any atom is 0.192 e. The Bertz CT molecular complexity index is 1400. The van der Waals surface area contributed by atoms with E-state index in [1.807, 2.05) is 0 Å². The van der Waals surface area contributed by atoms with Crippen LogP contribution in [-0.4, -0.2) is 31.0 Å². The van der Waals surface area contributed by atoms with Gasteiger partial charge in [0.15, 0.2) is 23.1 Å². The first-order valence-electron chi connectivity index (χ1n) is 10.9. The molecule has 1 atom stereocenters. The molecule has 4 aromatic rings. The molecule has 0 aliphatic heterocycles. The third-order valence-corrected chi connectivity index (χ3v) is 7.94. The molecule has 2 bridgehead atoms. The maximum atomic E-state index is 15.7. The van der Waals surface area contributed by atoms with Gasteiger partial charge in [-0.1, -0.05) is 24.4 Å². The number of fused-ring (bicyclic) bond motifs is 4. The Hall–Kier alpha value is -3.09. The topological polar surface area (TPSA) is 103 Å². The van der Waals surface area contributed by atoms with Crippen LogP contribution in [0.3, 0.4) is 0 Å². The molecule has 0 radical (unpaired) electrons. The predicted octanol–water partition coefficient (Wildman–Crippen LogP) is 5.80. The Balaban J connectivity index is 1.49. The van der Waals surface area contributed by atoms with Gasteiger partial charge in [-0.05, 0) is 43.2 Å². The Kier molecular flexibility index (Phi) is 5.00. The van der Waals surface area contributed by atoms with Gasteiger partial charge in [0.1, 0.15) is 27.3 Å². The van der Waals surface area contributed by atoms with Crippen molar-refractivity contribution in [3.63, 3.8) is 0 Å². The molecule has 1 unspecified atom stereocenters. The van der Waals surface area contributed by atoms with E-state index in [-0.39, 0.29) is 22.7 Å². The van der Waals surface area contributed by atoms with Crippen molar-refractivity contribution in [2.75, 3.05) is 5.32 Å². The summed E-state index contributed by atoms with van der Waals surface area (Å²) in [6, 6.07) is 5.69. The van der Waals surface area contributed by atoms with Crippen molar-refractivity contribution in [2.45, 2.75) is 38.1 Å². The van der Waals surface area contributed by atoms with Crippen molar-refractivity contribution in [1.29, 1.82) is 5.26 Å². The largest absolute Gasteiger partial charge is 0.364 e. The monoisotopic (exact) mass is 479 g/mol. The summed E-state index contributed by atoms with van der Waals surface area (Å²) >= 11 is 7.28. The number of aromatic nitrogens is 5. The smallest absolute Gasteiger partial charge is 0.192 e. The van der Waals surface area contributed by atoms with Crippen LogP contribution in [-0.2, 0) is 0 Å². The van der Waals surface area contributed by atoms with Gasteiger partial charge in [0.25, 0.3) is 0 Å². The second-order valence-electron chi connectivity index (χ2n) is 8.69. The standard InChI is InChI=1S/C23H19ClFN7S/c24-17-10-28-23-19(30-17)14(9-27-23)21-31-20(16-6-5-13(8-26)33-16)18(25)22(32-21)29-15-7-11-1-3-12(15)4-2-11/h5-6,9-12,15H,1-4,7H2,(H,27,28)(H,29,31,32). The van der Waals surface area contributed by atoms with Gasteiger partial charge in [-0.2, -0.15) is 5.26 Å². The van der Waals surface area contributed by atoms with E-state index in [1.54, 1.807) is 18.3 Å². The molecular weight excluding hydrogens is 461 g/mol. The fourth-order valence-electron chi connectivity index (χ4n) is 5.12. The molecule has 7 nitrogen and oxygen atoms in total. The highest BCUT2D eigenvalue weighted by molar-refractivity contribution is 7.15. The van der Waals surface area contributed by atoms with E-state index >= 15 is 4.39 Å². The molecule has 4 aromatic heterocycles. The van der Waals surface area contributed by atoms with E-state index < -0.39 is 5.82 Å². The van der Waals surface area contributed by atoms with Crippen molar-refractivity contribution >= 4 is 39.9 Å². The summed E-state index contributed by atoms with van der Waals surface area (Å²) in [7, 11) is 0. The second-order valence-corrected chi connectivity index (χ2v) is 10.2. The molecule has 166 valence electrons. The molecule has 4 heterocycles. The molecule has 3 fully saturated rings. The van der Waals surface area contributed by atoms with Crippen LogP contribution >= 0.6 is 22.9 Å². The normalized spacial score (nSPS) is 21.9. The molecular formula is C23H19ClFN7S. The van der Waals surface area contributed by atoms with Gasteiger partial charge in [-0.25, -0.2) is 24.3 Å². The zero-order valence-corrected chi connectivity index (χ0v) is 19.0. The average molecular weight is 480 g/mol. The summed E-state index contributed by atoms with van der Waals surface area (Å²) in [6.07, 6.45) is 9.05. The first-order chi connectivity index (χ1) is 16.1. The minimum atomic E-state index is -0.504. The number of aromatic amines is 1.